The third-order valence-electron chi connectivity index (χ3n) is 6.89. The highest BCUT2D eigenvalue weighted by Gasteiger charge is 2.46. The Bertz CT molecular complexity index is 1250. The maximum absolute atomic E-state index is 12.5. The van der Waals surface area contributed by atoms with Crippen LogP contribution in [0.4, 0.5) is 18.0 Å². The summed E-state index contributed by atoms with van der Waals surface area (Å²) in [5.41, 5.74) is 3.30. The lowest BCUT2D eigenvalue weighted by atomic mass is 9.91. The largest absolute Gasteiger partial charge is 0.490 e. The molecule has 0 bridgehead atoms. The number of rotatable bonds is 8. The molecule has 9 nitrogen and oxygen atoms in total. The van der Waals surface area contributed by atoms with Crippen LogP contribution >= 0.6 is 0 Å². The van der Waals surface area contributed by atoms with Gasteiger partial charge in [0.1, 0.15) is 11.4 Å². The molecule has 2 aliphatic rings. The van der Waals surface area contributed by atoms with Crippen LogP contribution in [0.1, 0.15) is 24.0 Å². The van der Waals surface area contributed by atoms with Gasteiger partial charge in [-0.1, -0.05) is 48.5 Å². The van der Waals surface area contributed by atoms with E-state index in [0.29, 0.717) is 13.1 Å². The van der Waals surface area contributed by atoms with E-state index in [9.17, 15) is 18.0 Å². The topological polar surface area (TPSA) is 111 Å². The lowest BCUT2D eigenvalue weighted by Crippen LogP contribution is -2.46. The Kier molecular flexibility index (Phi) is 9.43. The van der Waals surface area contributed by atoms with Crippen molar-refractivity contribution in [3.8, 4) is 11.4 Å². The first-order valence-corrected chi connectivity index (χ1v) is 13.0. The number of nitrogens with zero attached hydrogens (tertiary/aromatic N) is 3. The first-order chi connectivity index (χ1) is 19.1. The van der Waals surface area contributed by atoms with Crippen LogP contribution < -0.4 is 5.32 Å². The highest BCUT2D eigenvalue weighted by molar-refractivity contribution is 5.73. The number of ether oxygens (including phenoxy) is 1. The fourth-order valence-corrected chi connectivity index (χ4v) is 4.78. The smallest absolute Gasteiger partial charge is 0.475 e. The van der Waals surface area contributed by atoms with Crippen LogP contribution in [0.15, 0.2) is 67.0 Å². The highest BCUT2D eigenvalue weighted by Crippen LogP contribution is 2.33. The van der Waals surface area contributed by atoms with Crippen molar-refractivity contribution in [3.63, 3.8) is 0 Å². The molecule has 0 aliphatic carbocycles. The van der Waals surface area contributed by atoms with E-state index in [4.69, 9.17) is 14.6 Å². The van der Waals surface area contributed by atoms with Crippen molar-refractivity contribution in [3.05, 3.63) is 78.1 Å². The number of likely N-dealkylation sites (tertiary alicyclic amines) is 1. The number of aromatic amines is 1. The number of carboxylic acid groups (broad SMARTS) is 1. The molecule has 3 heterocycles. The molecule has 12 heteroatoms. The van der Waals surface area contributed by atoms with E-state index in [-0.39, 0.29) is 11.7 Å². The lowest BCUT2D eigenvalue weighted by Gasteiger charge is -2.37. The van der Waals surface area contributed by atoms with Crippen molar-refractivity contribution in [2.45, 2.75) is 37.7 Å². The Morgan fingerprint density at radius 3 is 2.45 bits per heavy atom. The number of alkyl halides is 3. The molecule has 2 aromatic carbocycles. The summed E-state index contributed by atoms with van der Waals surface area (Å²) in [6, 6.07) is 18.8. The van der Waals surface area contributed by atoms with Gasteiger partial charge in [0.05, 0.1) is 6.54 Å². The molecular formula is C28H32F3N5O4. The van der Waals surface area contributed by atoms with Gasteiger partial charge in [-0.25, -0.2) is 14.6 Å². The van der Waals surface area contributed by atoms with E-state index in [0.717, 1.165) is 57.0 Å². The third-order valence-corrected chi connectivity index (χ3v) is 6.89. The van der Waals surface area contributed by atoms with Crippen LogP contribution in [-0.4, -0.2) is 81.4 Å². The van der Waals surface area contributed by atoms with Crippen molar-refractivity contribution in [2.24, 2.45) is 0 Å². The monoisotopic (exact) mass is 559 g/mol. The summed E-state index contributed by atoms with van der Waals surface area (Å²) in [6.07, 6.45) is 0.126. The number of halogens is 3. The number of H-pyrrole nitrogens is 1. The average molecular weight is 560 g/mol. The fourth-order valence-electron chi connectivity index (χ4n) is 4.78. The number of carbonyl (C=O) groups is 2. The highest BCUT2D eigenvalue weighted by atomic mass is 19.4. The third kappa shape index (κ3) is 8.06. The lowest BCUT2D eigenvalue weighted by molar-refractivity contribution is -0.192. The number of imidazole rings is 1. The summed E-state index contributed by atoms with van der Waals surface area (Å²) in [4.78, 5) is 33.2. The molecule has 40 heavy (non-hydrogen) atoms. The van der Waals surface area contributed by atoms with Gasteiger partial charge in [-0.15, -0.1) is 0 Å². The van der Waals surface area contributed by atoms with Gasteiger partial charge < -0.3 is 25.0 Å². The van der Waals surface area contributed by atoms with Crippen LogP contribution in [0.25, 0.3) is 11.4 Å². The Hall–Kier alpha value is -3.90. The minimum absolute atomic E-state index is 0.170. The van der Waals surface area contributed by atoms with Crippen LogP contribution in [0.2, 0.25) is 0 Å². The zero-order valence-electron chi connectivity index (χ0n) is 21.9. The number of aromatic nitrogens is 2. The number of piperidine rings is 1. The standard InChI is InChI=1S/C26H31N5O2.C2HF3O2/c32-25-31(16-13-27-18-21-5-2-1-3-6-21)20-26(33-25)9-14-30(15-10-26)19-22-7-4-8-23(17-22)24-28-11-12-29-24;3-2(4,5)1(6)7/h1-8,11-12,17,27H,9-10,13-16,18-20H2,(H,28,29);(H,6,7). The van der Waals surface area contributed by atoms with E-state index in [1.54, 1.807) is 6.20 Å². The van der Waals surface area contributed by atoms with Gasteiger partial charge in [0.2, 0.25) is 0 Å². The molecule has 2 fully saturated rings. The first kappa shape index (κ1) is 29.1. The average Bonchev–Trinajstić information content (AvgIpc) is 3.57. The molecule has 3 N–H and O–H groups in total. The van der Waals surface area contributed by atoms with Gasteiger partial charge in [-0.05, 0) is 17.2 Å². The normalized spacial score (nSPS) is 16.9. The molecule has 2 aliphatic heterocycles. The molecule has 0 atom stereocenters. The van der Waals surface area contributed by atoms with Gasteiger partial charge in [-0.3, -0.25) is 4.90 Å². The molecular weight excluding hydrogens is 527 g/mol. The Balaban J connectivity index is 0.000000470. The second-order valence-corrected chi connectivity index (χ2v) is 9.85. The molecule has 3 aromatic rings. The zero-order valence-corrected chi connectivity index (χ0v) is 21.9. The van der Waals surface area contributed by atoms with Crippen molar-refractivity contribution in [1.29, 1.82) is 0 Å². The van der Waals surface area contributed by atoms with E-state index in [1.807, 2.05) is 29.3 Å². The predicted molar refractivity (Wildman–Crippen MR) is 141 cm³/mol. The van der Waals surface area contributed by atoms with E-state index in [1.165, 1.54) is 11.1 Å². The maximum Gasteiger partial charge on any atom is 0.490 e. The Morgan fingerprint density at radius 1 is 1.10 bits per heavy atom. The number of hydrogen-bond acceptors (Lipinski definition) is 6. The van der Waals surface area contributed by atoms with Crippen LogP contribution in [0.5, 0.6) is 0 Å². The van der Waals surface area contributed by atoms with E-state index >= 15 is 0 Å². The zero-order chi connectivity index (χ0) is 28.6. The molecule has 214 valence electrons. The number of amides is 1. The second-order valence-electron chi connectivity index (χ2n) is 9.85. The summed E-state index contributed by atoms with van der Waals surface area (Å²) in [5.74, 6) is -1.86. The fraction of sp³-hybridized carbons (Fsp3) is 0.393. The maximum atomic E-state index is 12.5. The van der Waals surface area contributed by atoms with Crippen LogP contribution in [-0.2, 0) is 22.6 Å². The summed E-state index contributed by atoms with van der Waals surface area (Å²) in [7, 11) is 0. The number of nitrogens with one attached hydrogen (secondary N) is 2. The molecule has 0 saturated carbocycles. The summed E-state index contributed by atoms with van der Waals surface area (Å²) in [5, 5.41) is 10.6. The number of carboxylic acids is 1. The molecule has 1 aromatic heterocycles. The summed E-state index contributed by atoms with van der Waals surface area (Å²) < 4.78 is 37.6. The molecule has 0 unspecified atom stereocenters. The number of benzene rings is 2. The summed E-state index contributed by atoms with van der Waals surface area (Å²) in [6.45, 7) is 5.70. The Labute approximate surface area is 230 Å². The van der Waals surface area contributed by atoms with Crippen molar-refractivity contribution in [2.75, 3.05) is 32.7 Å². The number of hydrogen-bond donors (Lipinski definition) is 3. The quantitative estimate of drug-likeness (QED) is 0.353. The second kappa shape index (κ2) is 13.0. The molecule has 5 rings (SSSR count). The molecule has 0 radical (unpaired) electrons. The summed E-state index contributed by atoms with van der Waals surface area (Å²) >= 11 is 0. The van der Waals surface area contributed by atoms with Crippen LogP contribution in [0.3, 0.4) is 0 Å². The van der Waals surface area contributed by atoms with E-state index < -0.39 is 12.1 Å². The minimum Gasteiger partial charge on any atom is -0.475 e. The number of carbonyl (C=O) groups excluding carboxylic acids is 1. The van der Waals surface area contributed by atoms with E-state index in [2.05, 4.69) is 56.6 Å². The SMILES string of the molecule is O=C(O)C(F)(F)F.O=C1OC2(CCN(Cc3cccc(-c4ncc[nH]4)c3)CC2)CN1CCNCc1ccccc1. The van der Waals surface area contributed by atoms with Crippen molar-refractivity contribution < 1.29 is 32.6 Å². The van der Waals surface area contributed by atoms with Crippen LogP contribution in [0, 0.1) is 0 Å². The van der Waals surface area contributed by atoms with Gasteiger partial charge in [0.25, 0.3) is 0 Å². The first-order valence-electron chi connectivity index (χ1n) is 13.0. The molecule has 2 saturated heterocycles. The predicted octanol–water partition coefficient (Wildman–Crippen LogP) is 4.29. The number of aliphatic carboxylic acids is 1. The Morgan fingerprint density at radius 2 is 1.80 bits per heavy atom. The minimum atomic E-state index is -5.08. The van der Waals surface area contributed by atoms with Gasteiger partial charge in [-0.2, -0.15) is 13.2 Å². The molecule has 1 amide bonds. The van der Waals surface area contributed by atoms with Crippen molar-refractivity contribution >= 4 is 12.1 Å². The van der Waals surface area contributed by atoms with Gasteiger partial charge in [0.15, 0.2) is 0 Å². The van der Waals surface area contributed by atoms with Crippen molar-refractivity contribution in [1.82, 2.24) is 25.1 Å². The molecule has 1 spiro atoms. The van der Waals surface area contributed by atoms with Gasteiger partial charge in [0, 0.05) is 70.1 Å². The van der Waals surface area contributed by atoms with Gasteiger partial charge >= 0.3 is 18.2 Å².